The van der Waals surface area contributed by atoms with Crippen LogP contribution in [0.25, 0.3) is 0 Å². The van der Waals surface area contributed by atoms with Crippen LogP contribution in [0, 0.1) is 0 Å². The van der Waals surface area contributed by atoms with Crippen LogP contribution >= 0.6 is 0 Å². The van der Waals surface area contributed by atoms with E-state index in [9.17, 15) is 9.59 Å². The molecule has 0 aromatic rings. The number of carbonyl (C=O) groups excluding carboxylic acids is 1. The van der Waals surface area contributed by atoms with Gasteiger partial charge in [0.15, 0.2) is 0 Å². The average Bonchev–Trinajstić information content (AvgIpc) is 2.89. The van der Waals surface area contributed by atoms with E-state index in [1.165, 1.54) is 38.5 Å². The van der Waals surface area contributed by atoms with E-state index in [4.69, 9.17) is 9.84 Å². The molecule has 0 radical (unpaired) electrons. The standard InChI is InChI=1S/C34H56O4/c1-3-5-7-9-10-11-12-13-14-15-16-17-18-23-27-31-34(37)38-32(28-24-20-8-6-4-2)29-25-21-19-22-26-30-33(35)36/h6,8,10-11,13-14,24-25,28-29,32H,3-5,7,9,12,15-23,26-27,30-31H2,1-2H3,(H,35,36)/b8-6-,11-10-,14-13-,28-24-,29-25-. The van der Waals surface area contributed by atoms with Crippen LogP contribution in [0.1, 0.15) is 136 Å². The zero-order valence-electron chi connectivity index (χ0n) is 24.5. The summed E-state index contributed by atoms with van der Waals surface area (Å²) >= 11 is 0. The number of aliphatic carboxylic acids is 1. The topological polar surface area (TPSA) is 63.6 Å². The molecule has 0 spiro atoms. The van der Waals surface area contributed by atoms with Crippen LogP contribution in [-0.2, 0) is 14.3 Å². The highest BCUT2D eigenvalue weighted by Gasteiger charge is 2.08. The maximum atomic E-state index is 12.4. The third-order valence-corrected chi connectivity index (χ3v) is 6.19. The SMILES string of the molecule is CC/C=C\C/C=C\C(/C=C\CCCCCC(=O)O)OC(=O)CCCCCCC/C=C\C/C=C\CCCCC. The molecule has 1 N–H and O–H groups in total. The number of esters is 1. The molecule has 0 bridgehead atoms. The Kier molecular flexibility index (Phi) is 27.4. The molecular weight excluding hydrogens is 472 g/mol. The highest BCUT2D eigenvalue weighted by Crippen LogP contribution is 2.11. The zero-order valence-corrected chi connectivity index (χ0v) is 24.5. The van der Waals surface area contributed by atoms with Crippen molar-refractivity contribution in [3.8, 4) is 0 Å². The number of rotatable bonds is 26. The number of unbranched alkanes of at least 4 members (excludes halogenated alkanes) is 11. The predicted octanol–water partition coefficient (Wildman–Crippen LogP) is 10.2. The smallest absolute Gasteiger partial charge is 0.306 e. The third kappa shape index (κ3) is 28.2. The first-order valence-electron chi connectivity index (χ1n) is 15.3. The van der Waals surface area contributed by atoms with Crippen LogP contribution in [0.4, 0.5) is 0 Å². The molecular formula is C34H56O4. The molecule has 0 saturated heterocycles. The molecule has 38 heavy (non-hydrogen) atoms. The predicted molar refractivity (Wildman–Crippen MR) is 162 cm³/mol. The Balaban J connectivity index is 4.08. The molecule has 1 atom stereocenters. The molecule has 216 valence electrons. The van der Waals surface area contributed by atoms with Crippen LogP contribution in [0.5, 0.6) is 0 Å². The summed E-state index contributed by atoms with van der Waals surface area (Å²) in [5, 5.41) is 8.71. The minimum absolute atomic E-state index is 0.138. The molecule has 0 aliphatic heterocycles. The summed E-state index contributed by atoms with van der Waals surface area (Å²) in [4.78, 5) is 23.0. The molecule has 4 nitrogen and oxygen atoms in total. The Bertz CT molecular complexity index is 699. The van der Waals surface area contributed by atoms with E-state index >= 15 is 0 Å². The lowest BCUT2D eigenvalue weighted by atomic mass is 10.1. The van der Waals surface area contributed by atoms with Crippen LogP contribution in [-0.4, -0.2) is 23.1 Å². The molecule has 4 heteroatoms. The van der Waals surface area contributed by atoms with Gasteiger partial charge in [-0.3, -0.25) is 9.59 Å². The monoisotopic (exact) mass is 528 g/mol. The number of allylic oxidation sites excluding steroid dienone is 8. The second-order valence-corrected chi connectivity index (χ2v) is 9.90. The number of hydrogen-bond acceptors (Lipinski definition) is 3. The minimum Gasteiger partial charge on any atom is -0.481 e. The Morgan fingerprint density at radius 3 is 1.82 bits per heavy atom. The highest BCUT2D eigenvalue weighted by molar-refractivity contribution is 5.69. The molecule has 0 fully saturated rings. The largest absolute Gasteiger partial charge is 0.481 e. The van der Waals surface area contributed by atoms with E-state index in [1.807, 2.05) is 24.3 Å². The summed E-state index contributed by atoms with van der Waals surface area (Å²) in [6.07, 6.45) is 39.8. The zero-order chi connectivity index (χ0) is 27.9. The summed E-state index contributed by atoms with van der Waals surface area (Å²) in [7, 11) is 0. The second-order valence-electron chi connectivity index (χ2n) is 9.90. The molecule has 0 heterocycles. The molecule has 0 rings (SSSR count). The van der Waals surface area contributed by atoms with E-state index in [0.717, 1.165) is 64.2 Å². The first-order chi connectivity index (χ1) is 18.6. The van der Waals surface area contributed by atoms with Gasteiger partial charge in [-0.15, -0.1) is 0 Å². The fraction of sp³-hybridized carbons (Fsp3) is 0.647. The summed E-state index contributed by atoms with van der Waals surface area (Å²) in [6.45, 7) is 4.35. The molecule has 0 aromatic carbocycles. The Hall–Kier alpha value is -2.36. The molecule has 0 amide bonds. The second kappa shape index (κ2) is 29.2. The molecule has 0 aromatic heterocycles. The lowest BCUT2D eigenvalue weighted by Gasteiger charge is -2.11. The van der Waals surface area contributed by atoms with Gasteiger partial charge in [0.2, 0.25) is 0 Å². The van der Waals surface area contributed by atoms with Crippen molar-refractivity contribution < 1.29 is 19.4 Å². The van der Waals surface area contributed by atoms with Gasteiger partial charge in [0, 0.05) is 12.8 Å². The average molecular weight is 529 g/mol. The summed E-state index contributed by atoms with van der Waals surface area (Å²) in [6, 6.07) is 0. The van der Waals surface area contributed by atoms with Crippen LogP contribution in [0.15, 0.2) is 60.8 Å². The first-order valence-corrected chi connectivity index (χ1v) is 15.3. The normalized spacial score (nSPS) is 13.1. The summed E-state index contributed by atoms with van der Waals surface area (Å²) < 4.78 is 5.71. The fourth-order valence-electron chi connectivity index (χ4n) is 3.93. The first kappa shape index (κ1) is 35.6. The van der Waals surface area contributed by atoms with Crippen molar-refractivity contribution >= 4 is 11.9 Å². The van der Waals surface area contributed by atoms with Gasteiger partial charge < -0.3 is 9.84 Å². The summed E-state index contributed by atoms with van der Waals surface area (Å²) in [5.74, 6) is -0.876. The van der Waals surface area contributed by atoms with Gasteiger partial charge in [-0.25, -0.2) is 0 Å². The molecule has 0 aliphatic rings. The van der Waals surface area contributed by atoms with Gasteiger partial charge in [0.1, 0.15) is 6.10 Å². The van der Waals surface area contributed by atoms with Crippen molar-refractivity contribution in [2.45, 2.75) is 142 Å². The quantitative estimate of drug-likeness (QED) is 0.0689. The maximum Gasteiger partial charge on any atom is 0.306 e. The summed E-state index contributed by atoms with van der Waals surface area (Å²) in [5.41, 5.74) is 0. The fourth-order valence-corrected chi connectivity index (χ4v) is 3.93. The van der Waals surface area contributed by atoms with E-state index < -0.39 is 5.97 Å². The highest BCUT2D eigenvalue weighted by atomic mass is 16.5. The maximum absolute atomic E-state index is 12.4. The lowest BCUT2D eigenvalue weighted by Crippen LogP contribution is -2.13. The van der Waals surface area contributed by atoms with Crippen LogP contribution < -0.4 is 0 Å². The van der Waals surface area contributed by atoms with E-state index in [0.29, 0.717) is 12.8 Å². The van der Waals surface area contributed by atoms with Gasteiger partial charge in [0.05, 0.1) is 0 Å². The molecule has 0 aliphatic carbocycles. The minimum atomic E-state index is -0.737. The Morgan fingerprint density at radius 2 is 1.13 bits per heavy atom. The van der Waals surface area contributed by atoms with E-state index in [-0.39, 0.29) is 18.5 Å². The molecule has 0 saturated carbocycles. The number of carboxylic acids is 1. The van der Waals surface area contributed by atoms with Gasteiger partial charge in [-0.05, 0) is 82.8 Å². The van der Waals surface area contributed by atoms with Crippen molar-refractivity contribution in [3.63, 3.8) is 0 Å². The lowest BCUT2D eigenvalue weighted by molar-refractivity contribution is -0.145. The molecule has 1 unspecified atom stereocenters. The van der Waals surface area contributed by atoms with Gasteiger partial charge in [-0.1, -0.05) is 101 Å². The third-order valence-electron chi connectivity index (χ3n) is 6.19. The van der Waals surface area contributed by atoms with Crippen molar-refractivity contribution in [1.29, 1.82) is 0 Å². The van der Waals surface area contributed by atoms with Crippen LogP contribution in [0.2, 0.25) is 0 Å². The van der Waals surface area contributed by atoms with Crippen molar-refractivity contribution in [2.24, 2.45) is 0 Å². The van der Waals surface area contributed by atoms with Crippen molar-refractivity contribution in [2.75, 3.05) is 0 Å². The number of ether oxygens (including phenoxy) is 1. The number of hydrogen-bond donors (Lipinski definition) is 1. The van der Waals surface area contributed by atoms with E-state index in [2.05, 4.69) is 50.3 Å². The van der Waals surface area contributed by atoms with Gasteiger partial charge in [0.25, 0.3) is 0 Å². The Morgan fingerprint density at radius 1 is 0.605 bits per heavy atom. The number of carbonyl (C=O) groups is 2. The van der Waals surface area contributed by atoms with Crippen molar-refractivity contribution in [1.82, 2.24) is 0 Å². The van der Waals surface area contributed by atoms with Gasteiger partial charge >= 0.3 is 11.9 Å². The van der Waals surface area contributed by atoms with Crippen LogP contribution in [0.3, 0.4) is 0 Å². The van der Waals surface area contributed by atoms with Crippen molar-refractivity contribution in [3.05, 3.63) is 60.8 Å². The van der Waals surface area contributed by atoms with E-state index in [1.54, 1.807) is 0 Å². The van der Waals surface area contributed by atoms with Gasteiger partial charge in [-0.2, -0.15) is 0 Å². The Labute approximate surface area is 234 Å². The number of carboxylic acid groups (broad SMARTS) is 1.